The zero-order valence-corrected chi connectivity index (χ0v) is 22.6. The summed E-state index contributed by atoms with van der Waals surface area (Å²) in [5.41, 5.74) is 8.41. The Morgan fingerprint density at radius 3 is 2.67 bits per heavy atom. The van der Waals surface area contributed by atoms with E-state index in [9.17, 15) is 4.79 Å². The Labute approximate surface area is 230 Å². The topological polar surface area (TPSA) is 71.8 Å². The number of urea groups is 1. The first kappa shape index (κ1) is 25.1. The third-order valence-corrected chi connectivity index (χ3v) is 8.64. The molecule has 6 rings (SSSR count). The second-order valence-electron chi connectivity index (χ2n) is 11.2. The number of benzene rings is 2. The number of nitrogens with one attached hydrogen (secondary N) is 2. The van der Waals surface area contributed by atoms with Crippen LogP contribution < -0.4 is 10.6 Å². The van der Waals surface area contributed by atoms with Crippen molar-refractivity contribution in [1.82, 2.24) is 25.4 Å². The quantitative estimate of drug-likeness (QED) is 0.292. The summed E-state index contributed by atoms with van der Waals surface area (Å²) >= 11 is 0. The van der Waals surface area contributed by atoms with Gasteiger partial charge in [-0.25, -0.2) is 9.48 Å². The molecule has 0 spiro atoms. The number of carbonyl (C=O) groups is 1. The van der Waals surface area contributed by atoms with Crippen LogP contribution in [0.3, 0.4) is 0 Å². The predicted octanol–water partition coefficient (Wildman–Crippen LogP) is 6.56. The van der Waals surface area contributed by atoms with Crippen LogP contribution in [0.4, 0.5) is 4.79 Å². The van der Waals surface area contributed by atoms with E-state index in [2.05, 4.69) is 84.1 Å². The van der Waals surface area contributed by atoms with Crippen molar-refractivity contribution in [3.05, 3.63) is 119 Å². The largest absolute Gasteiger partial charge is 0.334 e. The summed E-state index contributed by atoms with van der Waals surface area (Å²) in [6.07, 6.45) is 12.1. The average molecular weight is 518 g/mol. The summed E-state index contributed by atoms with van der Waals surface area (Å²) in [4.78, 5) is 17.3. The van der Waals surface area contributed by atoms with Gasteiger partial charge in [-0.3, -0.25) is 4.98 Å². The van der Waals surface area contributed by atoms with E-state index in [1.54, 1.807) is 6.20 Å². The summed E-state index contributed by atoms with van der Waals surface area (Å²) < 4.78 is 2.01. The van der Waals surface area contributed by atoms with Crippen LogP contribution in [0.25, 0.3) is 11.8 Å². The number of pyridine rings is 1. The van der Waals surface area contributed by atoms with Crippen molar-refractivity contribution in [3.8, 4) is 5.69 Å². The van der Waals surface area contributed by atoms with Crippen LogP contribution in [0.15, 0.2) is 90.9 Å². The van der Waals surface area contributed by atoms with Gasteiger partial charge in [0.2, 0.25) is 0 Å². The minimum absolute atomic E-state index is 0.0445. The molecule has 3 atom stereocenters. The third kappa shape index (κ3) is 5.11. The molecule has 39 heavy (non-hydrogen) atoms. The van der Waals surface area contributed by atoms with Gasteiger partial charge in [0.15, 0.2) is 0 Å². The van der Waals surface area contributed by atoms with Crippen molar-refractivity contribution < 1.29 is 4.79 Å². The highest BCUT2D eigenvalue weighted by Gasteiger charge is 2.46. The fourth-order valence-electron chi connectivity index (χ4n) is 6.34. The van der Waals surface area contributed by atoms with E-state index in [1.165, 1.54) is 22.4 Å². The van der Waals surface area contributed by atoms with Crippen LogP contribution in [0.1, 0.15) is 60.2 Å². The van der Waals surface area contributed by atoms with E-state index < -0.39 is 0 Å². The molecule has 2 aromatic carbocycles. The number of hydrogen-bond acceptors (Lipinski definition) is 3. The van der Waals surface area contributed by atoms with Gasteiger partial charge in [-0.1, -0.05) is 72.7 Å². The summed E-state index contributed by atoms with van der Waals surface area (Å²) in [7, 11) is 0. The molecule has 6 heteroatoms. The number of allylic oxidation sites excluding steroid dienone is 1. The molecule has 2 aromatic heterocycles. The molecule has 0 bridgehead atoms. The number of carbonyl (C=O) groups excluding carboxylic acids is 1. The molecule has 1 fully saturated rings. The van der Waals surface area contributed by atoms with Crippen LogP contribution in [0, 0.1) is 18.3 Å². The summed E-state index contributed by atoms with van der Waals surface area (Å²) in [6.45, 7) is 4.98. The summed E-state index contributed by atoms with van der Waals surface area (Å²) in [5.74, 6) is 0.446. The first-order valence-corrected chi connectivity index (χ1v) is 13.8. The SMILES string of the molecule is Cc1ccc(CNC(=O)NC(C[C@H]2CCC3=Cc4c(cnn4-c4cccnc4)C[C@@]32C)c2ccccc2)cc1. The Hall–Kier alpha value is -4.19. The molecule has 4 aromatic rings. The van der Waals surface area contributed by atoms with Crippen molar-refractivity contribution in [3.63, 3.8) is 0 Å². The van der Waals surface area contributed by atoms with Crippen LogP contribution in [-0.4, -0.2) is 20.8 Å². The molecule has 1 saturated carbocycles. The third-order valence-electron chi connectivity index (χ3n) is 8.64. The highest BCUT2D eigenvalue weighted by atomic mass is 16.2. The van der Waals surface area contributed by atoms with Gasteiger partial charge < -0.3 is 10.6 Å². The van der Waals surface area contributed by atoms with Gasteiger partial charge in [-0.05, 0) is 78.8 Å². The Kier molecular flexibility index (Phi) is 6.77. The van der Waals surface area contributed by atoms with E-state index >= 15 is 0 Å². The molecule has 6 nitrogen and oxygen atoms in total. The lowest BCUT2D eigenvalue weighted by molar-refractivity contribution is 0.216. The number of nitrogens with zero attached hydrogens (tertiary/aromatic N) is 3. The lowest BCUT2D eigenvalue weighted by Crippen LogP contribution is -2.39. The Balaban J connectivity index is 1.20. The molecule has 2 N–H and O–H groups in total. The van der Waals surface area contributed by atoms with Crippen LogP contribution in [-0.2, 0) is 13.0 Å². The molecule has 0 aliphatic heterocycles. The summed E-state index contributed by atoms with van der Waals surface area (Å²) in [6, 6.07) is 22.4. The second-order valence-corrected chi connectivity index (χ2v) is 11.2. The molecule has 0 radical (unpaired) electrons. The number of amides is 2. The Bertz CT molecular complexity index is 1480. The van der Waals surface area contributed by atoms with E-state index in [1.807, 2.05) is 35.3 Å². The van der Waals surface area contributed by atoms with Crippen molar-refractivity contribution in [1.29, 1.82) is 0 Å². The Morgan fingerprint density at radius 1 is 1.08 bits per heavy atom. The number of fused-ring (bicyclic) bond motifs is 2. The van der Waals surface area contributed by atoms with Crippen molar-refractivity contribution in [2.24, 2.45) is 11.3 Å². The number of hydrogen-bond donors (Lipinski definition) is 2. The highest BCUT2D eigenvalue weighted by molar-refractivity contribution is 5.74. The second kappa shape index (κ2) is 10.5. The monoisotopic (exact) mass is 517 g/mol. The minimum atomic E-state index is -0.132. The normalized spacial score (nSPS) is 20.5. The van der Waals surface area contributed by atoms with Crippen molar-refractivity contribution >= 4 is 12.1 Å². The molecular formula is C33H35N5O. The van der Waals surface area contributed by atoms with Crippen LogP contribution in [0.5, 0.6) is 0 Å². The summed E-state index contributed by atoms with van der Waals surface area (Å²) in [5, 5.41) is 11.1. The van der Waals surface area contributed by atoms with E-state index in [-0.39, 0.29) is 17.5 Å². The Morgan fingerprint density at radius 2 is 1.90 bits per heavy atom. The number of rotatable bonds is 7. The number of aryl methyl sites for hydroxylation is 1. The first-order valence-electron chi connectivity index (χ1n) is 13.8. The van der Waals surface area contributed by atoms with Gasteiger partial charge in [-0.15, -0.1) is 0 Å². The molecule has 198 valence electrons. The fourth-order valence-corrected chi connectivity index (χ4v) is 6.34. The van der Waals surface area contributed by atoms with E-state index in [0.717, 1.165) is 42.5 Å². The van der Waals surface area contributed by atoms with Gasteiger partial charge in [0.1, 0.15) is 0 Å². The zero-order chi connectivity index (χ0) is 26.8. The number of aromatic nitrogens is 3. The lowest BCUT2D eigenvalue weighted by atomic mass is 9.68. The molecule has 0 saturated heterocycles. The predicted molar refractivity (Wildman–Crippen MR) is 154 cm³/mol. The molecule has 2 amide bonds. The molecule has 2 heterocycles. The van der Waals surface area contributed by atoms with Gasteiger partial charge >= 0.3 is 6.03 Å². The standard InChI is InChI=1S/C33H35N5O/c1-23-10-12-24(13-11-23)20-35-32(39)37-30(25-7-4-3-5-8-25)17-27-14-15-28-18-31-26(19-33(27,28)2)21-36-38(31)29-9-6-16-34-22-29/h3-13,16,18,21-22,27,30H,14-15,17,19-20H2,1-2H3,(H2,35,37,39)/t27-,30?,33-/m1/s1. The first-order chi connectivity index (χ1) is 19.0. The van der Waals surface area contributed by atoms with Gasteiger partial charge in [0, 0.05) is 12.7 Å². The van der Waals surface area contributed by atoms with E-state index in [0.29, 0.717) is 12.5 Å². The molecular weight excluding hydrogens is 482 g/mol. The fraction of sp³-hybridized carbons (Fsp3) is 0.303. The van der Waals surface area contributed by atoms with Gasteiger partial charge in [0.05, 0.1) is 29.8 Å². The minimum Gasteiger partial charge on any atom is -0.334 e. The van der Waals surface area contributed by atoms with Gasteiger partial charge in [0.25, 0.3) is 0 Å². The highest BCUT2D eigenvalue weighted by Crippen LogP contribution is 2.55. The molecule has 2 aliphatic carbocycles. The van der Waals surface area contributed by atoms with E-state index in [4.69, 9.17) is 5.10 Å². The molecule has 1 unspecified atom stereocenters. The van der Waals surface area contributed by atoms with Crippen molar-refractivity contribution in [2.45, 2.75) is 52.1 Å². The maximum Gasteiger partial charge on any atom is 0.315 e. The van der Waals surface area contributed by atoms with Gasteiger partial charge in [-0.2, -0.15) is 5.10 Å². The van der Waals surface area contributed by atoms with Crippen LogP contribution in [0.2, 0.25) is 0 Å². The lowest BCUT2D eigenvalue weighted by Gasteiger charge is -2.37. The maximum atomic E-state index is 13.1. The zero-order valence-electron chi connectivity index (χ0n) is 22.6. The maximum absolute atomic E-state index is 13.1. The molecule has 2 aliphatic rings. The van der Waals surface area contributed by atoms with Crippen molar-refractivity contribution in [2.75, 3.05) is 0 Å². The van der Waals surface area contributed by atoms with Crippen LogP contribution >= 0.6 is 0 Å². The smallest absolute Gasteiger partial charge is 0.315 e. The average Bonchev–Trinajstić information content (AvgIpc) is 3.51.